The second-order valence-electron chi connectivity index (χ2n) is 12.3. The number of allylic oxidation sites excluding steroid dienone is 17. The molecule has 0 rings (SSSR count). The van der Waals surface area contributed by atoms with E-state index >= 15 is 0 Å². The molecule has 0 saturated heterocycles. The normalized spacial score (nSPS) is 14.3. The second-order valence-corrected chi connectivity index (χ2v) is 13.6. The lowest BCUT2D eigenvalue weighted by Crippen LogP contribution is -2.29. The van der Waals surface area contributed by atoms with E-state index in [2.05, 4.69) is 91.3 Å². The number of carbonyl (C=O) groups is 2. The molecule has 9 nitrogen and oxygen atoms in total. The van der Waals surface area contributed by atoms with Gasteiger partial charge in [0.2, 0.25) is 0 Å². The first-order valence-electron chi connectivity index (χ1n) is 19.3. The molecule has 1 unspecified atom stereocenters. The van der Waals surface area contributed by atoms with Crippen molar-refractivity contribution in [3.63, 3.8) is 0 Å². The van der Waals surface area contributed by atoms with Crippen LogP contribution in [0.2, 0.25) is 0 Å². The maximum absolute atomic E-state index is 12.4. The van der Waals surface area contributed by atoms with Gasteiger partial charge in [0.1, 0.15) is 6.61 Å². The molecule has 10 heteroatoms. The van der Waals surface area contributed by atoms with E-state index < -0.39 is 38.6 Å². The van der Waals surface area contributed by atoms with Crippen LogP contribution in [0.5, 0.6) is 0 Å². The lowest BCUT2D eigenvalue weighted by Gasteiger charge is -2.18. The highest BCUT2D eigenvalue weighted by atomic mass is 31.2. The molecule has 0 aliphatic carbocycles. The van der Waals surface area contributed by atoms with Crippen molar-refractivity contribution >= 4 is 19.8 Å². The number of phosphoric ester groups is 1. The summed E-state index contributed by atoms with van der Waals surface area (Å²) in [6, 6.07) is 0. The van der Waals surface area contributed by atoms with Gasteiger partial charge in [-0.05, 0) is 70.6 Å². The van der Waals surface area contributed by atoms with E-state index in [1.54, 1.807) is 6.08 Å². The Kier molecular flexibility index (Phi) is 34.7. The summed E-state index contributed by atoms with van der Waals surface area (Å²) < 4.78 is 26.2. The fourth-order valence-corrected chi connectivity index (χ4v) is 4.94. The van der Waals surface area contributed by atoms with Gasteiger partial charge >= 0.3 is 19.8 Å². The van der Waals surface area contributed by atoms with Crippen LogP contribution in [0.4, 0.5) is 0 Å². The highest BCUT2D eigenvalue weighted by Gasteiger charge is 2.22. The number of aliphatic hydroxyl groups excluding tert-OH is 1. The summed E-state index contributed by atoms with van der Waals surface area (Å²) >= 11 is 0. The quantitative estimate of drug-likeness (QED) is 0.0196. The molecule has 0 heterocycles. The van der Waals surface area contributed by atoms with Crippen LogP contribution in [-0.4, -0.2) is 52.3 Å². The predicted octanol–water partition coefficient (Wildman–Crippen LogP) is 10.6. The molecule has 2 atom stereocenters. The van der Waals surface area contributed by atoms with Crippen molar-refractivity contribution in [1.29, 1.82) is 0 Å². The zero-order valence-corrected chi connectivity index (χ0v) is 33.1. The van der Waals surface area contributed by atoms with E-state index in [4.69, 9.17) is 19.3 Å². The Morgan fingerprint density at radius 2 is 1.08 bits per heavy atom. The minimum atomic E-state index is -4.80. The molecular weight excluding hydrogens is 691 g/mol. The summed E-state index contributed by atoms with van der Waals surface area (Å²) in [6.07, 6.45) is 48.4. The Labute approximate surface area is 319 Å². The largest absolute Gasteiger partial charge is 0.469 e. The highest BCUT2D eigenvalue weighted by molar-refractivity contribution is 7.46. The van der Waals surface area contributed by atoms with Crippen LogP contribution in [0.3, 0.4) is 0 Å². The van der Waals surface area contributed by atoms with E-state index in [0.717, 1.165) is 77.0 Å². The first-order chi connectivity index (χ1) is 25.7. The van der Waals surface area contributed by atoms with Gasteiger partial charge in [0, 0.05) is 12.8 Å². The predicted molar refractivity (Wildman–Crippen MR) is 217 cm³/mol. The van der Waals surface area contributed by atoms with Gasteiger partial charge in [-0.1, -0.05) is 149 Å². The summed E-state index contributed by atoms with van der Waals surface area (Å²) in [4.78, 5) is 42.7. The monoisotopic (exact) mass is 758 g/mol. The number of ether oxygens (including phenoxy) is 2. The molecule has 3 N–H and O–H groups in total. The van der Waals surface area contributed by atoms with Crippen molar-refractivity contribution in [1.82, 2.24) is 0 Å². The Morgan fingerprint density at radius 3 is 1.62 bits per heavy atom. The average molecular weight is 759 g/mol. The number of aliphatic hydroxyl groups is 1. The maximum Gasteiger partial charge on any atom is 0.469 e. The van der Waals surface area contributed by atoms with Crippen LogP contribution < -0.4 is 0 Å². The lowest BCUT2D eigenvalue weighted by molar-refractivity contribution is -0.161. The smallest absolute Gasteiger partial charge is 0.462 e. The zero-order valence-electron chi connectivity index (χ0n) is 32.2. The van der Waals surface area contributed by atoms with E-state index in [9.17, 15) is 19.3 Å². The summed E-state index contributed by atoms with van der Waals surface area (Å²) in [6.45, 7) is 3.27. The van der Waals surface area contributed by atoms with Gasteiger partial charge in [-0.25, -0.2) is 4.57 Å². The third-order valence-corrected chi connectivity index (χ3v) is 7.89. The van der Waals surface area contributed by atoms with Gasteiger partial charge < -0.3 is 24.4 Å². The van der Waals surface area contributed by atoms with Crippen LogP contribution in [0.1, 0.15) is 123 Å². The van der Waals surface area contributed by atoms with Crippen molar-refractivity contribution in [3.05, 3.63) is 109 Å². The average Bonchev–Trinajstić information content (AvgIpc) is 3.12. The molecule has 0 aliphatic heterocycles. The van der Waals surface area contributed by atoms with Gasteiger partial charge in [0.25, 0.3) is 0 Å². The number of unbranched alkanes of at least 4 members (excludes halogenated alkanes) is 4. The molecular formula is C43H67O9P. The molecule has 0 aromatic rings. The molecule has 0 aromatic heterocycles. The summed E-state index contributed by atoms with van der Waals surface area (Å²) in [5.41, 5.74) is 0. The molecule has 0 aliphatic rings. The van der Waals surface area contributed by atoms with Crippen LogP contribution in [0.25, 0.3) is 0 Å². The first kappa shape index (κ1) is 49.7. The molecule has 0 fully saturated rings. The summed E-state index contributed by atoms with van der Waals surface area (Å²) in [5, 5.41) is 10.1. The SMILES string of the molecule is CC/C=C\C/C=C\C/C=C\C/C=C\C/C=C\C/C=C\CCC(=O)O[C@H](COC(=O)CCCCCCCC(O)/C=C/C=C/C/C=C/CC)COP(=O)(O)O. The minimum Gasteiger partial charge on any atom is -0.462 e. The van der Waals surface area contributed by atoms with Crippen molar-refractivity contribution in [2.75, 3.05) is 13.2 Å². The lowest BCUT2D eigenvalue weighted by atomic mass is 10.1. The molecule has 0 aromatic carbocycles. The number of phosphoric acid groups is 1. The number of hydrogen-bond donors (Lipinski definition) is 3. The molecule has 0 spiro atoms. The zero-order chi connectivity index (χ0) is 39.1. The minimum absolute atomic E-state index is 0.0594. The fraction of sp³-hybridized carbons (Fsp3) is 0.535. The van der Waals surface area contributed by atoms with Gasteiger partial charge in [0.05, 0.1) is 12.7 Å². The molecule has 0 radical (unpaired) electrons. The van der Waals surface area contributed by atoms with Crippen LogP contribution in [-0.2, 0) is 28.2 Å². The van der Waals surface area contributed by atoms with Crippen LogP contribution in [0, 0.1) is 0 Å². The van der Waals surface area contributed by atoms with E-state index in [1.165, 1.54) is 0 Å². The molecule has 0 amide bonds. The number of rotatable bonds is 33. The van der Waals surface area contributed by atoms with Crippen LogP contribution in [0.15, 0.2) is 109 Å². The standard InChI is InChI=1S/C43H67O9P/c1-3-5-7-9-11-12-13-14-15-16-17-18-19-20-21-22-24-28-33-37-43(46)52-41(39-51-53(47,48)49)38-50-42(45)36-32-29-25-27-31-35-40(44)34-30-26-23-10-8-6-4-2/h5-8,11-12,14-15,17-18,20-21,23-24,26,28,30,34,40-41,44H,3-4,9-10,13,16,19,22,25,27,29,31-33,35-39H2,1-2H3,(H2,47,48,49)/b7-5-,8-6+,12-11-,15-14-,18-17-,21-20-,26-23+,28-24-,34-30+/t40?,41-/m1/s1. The topological polar surface area (TPSA) is 140 Å². The Morgan fingerprint density at radius 1 is 0.585 bits per heavy atom. The Balaban J connectivity index is 4.21. The van der Waals surface area contributed by atoms with E-state index in [0.29, 0.717) is 19.3 Å². The van der Waals surface area contributed by atoms with Gasteiger partial charge in [0.15, 0.2) is 6.10 Å². The summed E-state index contributed by atoms with van der Waals surface area (Å²) in [7, 11) is -4.80. The molecule has 0 saturated carbocycles. The van der Waals surface area contributed by atoms with Crippen molar-refractivity contribution in [2.24, 2.45) is 0 Å². The van der Waals surface area contributed by atoms with Crippen molar-refractivity contribution in [3.8, 4) is 0 Å². The fourth-order valence-electron chi connectivity index (χ4n) is 4.58. The molecule has 53 heavy (non-hydrogen) atoms. The molecule has 0 bridgehead atoms. The van der Waals surface area contributed by atoms with E-state index in [-0.39, 0.29) is 19.4 Å². The van der Waals surface area contributed by atoms with E-state index in [1.807, 2.05) is 30.4 Å². The highest BCUT2D eigenvalue weighted by Crippen LogP contribution is 2.35. The van der Waals surface area contributed by atoms with Gasteiger partial charge in [-0.3, -0.25) is 14.1 Å². The number of carbonyl (C=O) groups excluding carboxylic acids is 2. The third-order valence-electron chi connectivity index (χ3n) is 7.40. The molecule has 298 valence electrons. The number of hydrogen-bond acceptors (Lipinski definition) is 7. The number of esters is 2. The maximum atomic E-state index is 12.4. The third kappa shape index (κ3) is 39.7. The van der Waals surface area contributed by atoms with Crippen molar-refractivity contribution in [2.45, 2.75) is 135 Å². The van der Waals surface area contributed by atoms with Gasteiger partial charge in [-0.15, -0.1) is 0 Å². The van der Waals surface area contributed by atoms with Crippen molar-refractivity contribution < 1.29 is 43.0 Å². The van der Waals surface area contributed by atoms with Gasteiger partial charge in [-0.2, -0.15) is 0 Å². The first-order valence-corrected chi connectivity index (χ1v) is 20.8. The summed E-state index contributed by atoms with van der Waals surface area (Å²) in [5.74, 6) is -1.07. The second kappa shape index (κ2) is 37.0. The van der Waals surface area contributed by atoms with Crippen LogP contribution >= 0.6 is 7.82 Å². The Bertz CT molecular complexity index is 1230. The Hall–Kier alpha value is -3.33.